The number of hydrazine groups is 1. The molecule has 3 rings (SSSR count). The number of Topliss-reactive ketones (excluding diaryl/α,β-unsaturated/α-hetero) is 1. The molecule has 1 aromatic rings. The van der Waals surface area contributed by atoms with Gasteiger partial charge in [0, 0.05) is 13.0 Å². The lowest BCUT2D eigenvalue weighted by Gasteiger charge is -2.30. The van der Waals surface area contributed by atoms with Gasteiger partial charge in [-0.1, -0.05) is 37.8 Å². The number of rotatable bonds is 9. The summed E-state index contributed by atoms with van der Waals surface area (Å²) in [7, 11) is 0. The van der Waals surface area contributed by atoms with Crippen molar-refractivity contribution in [3.8, 4) is 5.75 Å². The van der Waals surface area contributed by atoms with Crippen molar-refractivity contribution in [1.29, 1.82) is 0 Å². The van der Waals surface area contributed by atoms with Crippen LogP contribution in [-0.4, -0.2) is 57.6 Å². The van der Waals surface area contributed by atoms with Crippen LogP contribution in [0.3, 0.4) is 0 Å². The van der Waals surface area contributed by atoms with Crippen molar-refractivity contribution in [3.05, 3.63) is 29.8 Å². The van der Waals surface area contributed by atoms with Crippen molar-refractivity contribution in [3.63, 3.8) is 0 Å². The summed E-state index contributed by atoms with van der Waals surface area (Å²) in [5.74, 6) is -0.344. The Morgan fingerprint density at radius 2 is 1.90 bits per heavy atom. The van der Waals surface area contributed by atoms with E-state index in [1.807, 2.05) is 0 Å². The van der Waals surface area contributed by atoms with Gasteiger partial charge in [-0.15, -0.1) is 0 Å². The first-order chi connectivity index (χ1) is 14.0. The van der Waals surface area contributed by atoms with Crippen molar-refractivity contribution in [2.75, 3.05) is 13.1 Å². The number of aromatic hydroxyl groups is 1. The first-order valence-electron chi connectivity index (χ1n) is 10.3. The number of nitrogens with zero attached hydrogens (tertiary/aromatic N) is 2. The minimum atomic E-state index is -0.578. The average Bonchev–Trinajstić information content (AvgIpc) is 3.40. The largest absolute Gasteiger partial charge is 0.508 e. The molecule has 29 heavy (non-hydrogen) atoms. The molecule has 1 saturated carbocycles. The Morgan fingerprint density at radius 3 is 2.55 bits per heavy atom. The summed E-state index contributed by atoms with van der Waals surface area (Å²) in [5, 5.41) is 21.0. The second kappa shape index (κ2) is 9.84. The van der Waals surface area contributed by atoms with Crippen molar-refractivity contribution in [2.24, 2.45) is 11.8 Å². The molecule has 0 spiro atoms. The minimum Gasteiger partial charge on any atom is -0.508 e. The molecule has 8 nitrogen and oxygen atoms in total. The molecule has 0 unspecified atom stereocenters. The van der Waals surface area contributed by atoms with E-state index >= 15 is 0 Å². The van der Waals surface area contributed by atoms with Gasteiger partial charge in [0.2, 0.25) is 12.3 Å². The van der Waals surface area contributed by atoms with E-state index in [-0.39, 0.29) is 30.4 Å². The fraction of sp³-hybridized carbons (Fsp3) is 0.571. The van der Waals surface area contributed by atoms with Crippen LogP contribution in [0.15, 0.2) is 24.3 Å². The number of phenols is 1. The fourth-order valence-electron chi connectivity index (χ4n) is 4.40. The molecular formula is C21H29N3O5. The normalized spacial score (nSPS) is 20.6. The number of hydroxylamine groups is 2. The first kappa shape index (κ1) is 21.3. The quantitative estimate of drug-likeness (QED) is 0.329. The predicted octanol–water partition coefficient (Wildman–Crippen LogP) is 1.65. The van der Waals surface area contributed by atoms with E-state index in [0.29, 0.717) is 36.8 Å². The third-order valence-corrected chi connectivity index (χ3v) is 5.91. The number of amides is 2. The Kier molecular flexibility index (Phi) is 7.22. The predicted molar refractivity (Wildman–Crippen MR) is 105 cm³/mol. The lowest BCUT2D eigenvalue weighted by atomic mass is 9.91. The minimum absolute atomic E-state index is 0.0735. The zero-order valence-corrected chi connectivity index (χ0v) is 16.5. The molecular weight excluding hydrogens is 374 g/mol. The maximum atomic E-state index is 13.2. The van der Waals surface area contributed by atoms with Crippen molar-refractivity contribution < 1.29 is 24.7 Å². The second-order valence-corrected chi connectivity index (χ2v) is 8.04. The van der Waals surface area contributed by atoms with Crippen molar-refractivity contribution in [1.82, 2.24) is 15.5 Å². The maximum absolute atomic E-state index is 13.2. The number of carbonyl (C=O) groups excluding carboxylic acids is 3. The molecule has 2 atom stereocenters. The molecule has 2 aliphatic rings. The van der Waals surface area contributed by atoms with Gasteiger partial charge in [-0.2, -0.15) is 0 Å². The van der Waals surface area contributed by atoms with Crippen LogP contribution in [0.5, 0.6) is 5.75 Å². The highest BCUT2D eigenvalue weighted by atomic mass is 16.5. The Morgan fingerprint density at radius 1 is 1.21 bits per heavy atom. The van der Waals surface area contributed by atoms with Crippen molar-refractivity contribution >= 4 is 18.1 Å². The van der Waals surface area contributed by atoms with Gasteiger partial charge in [-0.05, 0) is 36.5 Å². The second-order valence-electron chi connectivity index (χ2n) is 8.04. The lowest BCUT2D eigenvalue weighted by molar-refractivity contribution is -0.159. The van der Waals surface area contributed by atoms with E-state index in [1.165, 1.54) is 17.1 Å². The molecule has 1 saturated heterocycles. The zero-order valence-electron chi connectivity index (χ0n) is 16.5. The molecule has 1 aliphatic carbocycles. The van der Waals surface area contributed by atoms with Gasteiger partial charge in [0.15, 0.2) is 5.78 Å². The molecule has 1 aliphatic heterocycles. The Labute approximate surface area is 170 Å². The maximum Gasteiger partial charge on any atom is 0.242 e. The third kappa shape index (κ3) is 5.55. The number of ketones is 1. The molecule has 0 aromatic heterocycles. The summed E-state index contributed by atoms with van der Waals surface area (Å²) >= 11 is 0. The molecule has 158 valence electrons. The fourth-order valence-corrected chi connectivity index (χ4v) is 4.40. The summed E-state index contributed by atoms with van der Waals surface area (Å²) in [6, 6.07) is 5.87. The van der Waals surface area contributed by atoms with Crippen LogP contribution in [-0.2, 0) is 20.8 Å². The number of hydrogen-bond acceptors (Lipinski definition) is 6. The first-order valence-corrected chi connectivity index (χ1v) is 10.3. The van der Waals surface area contributed by atoms with Crippen LogP contribution in [0.4, 0.5) is 0 Å². The van der Waals surface area contributed by atoms with E-state index in [9.17, 15) is 24.7 Å². The number of carbonyl (C=O) groups is 3. The average molecular weight is 403 g/mol. The van der Waals surface area contributed by atoms with Gasteiger partial charge < -0.3 is 5.11 Å². The Bertz CT molecular complexity index is 718. The molecule has 8 heteroatoms. The Balaban J connectivity index is 1.68. The number of hydrogen-bond donors (Lipinski definition) is 3. The summed E-state index contributed by atoms with van der Waals surface area (Å²) in [6.07, 6.45) is 5.97. The Hall–Kier alpha value is -2.45. The highest BCUT2D eigenvalue weighted by Gasteiger charge is 2.38. The van der Waals surface area contributed by atoms with E-state index < -0.39 is 12.0 Å². The van der Waals surface area contributed by atoms with Gasteiger partial charge >= 0.3 is 0 Å². The van der Waals surface area contributed by atoms with Crippen LogP contribution >= 0.6 is 0 Å². The summed E-state index contributed by atoms with van der Waals surface area (Å²) in [5.41, 5.74) is 3.79. The van der Waals surface area contributed by atoms with Gasteiger partial charge in [0.1, 0.15) is 11.8 Å². The van der Waals surface area contributed by atoms with Crippen LogP contribution in [0.1, 0.15) is 44.1 Å². The van der Waals surface area contributed by atoms with Crippen LogP contribution in [0.25, 0.3) is 0 Å². The molecule has 0 radical (unpaired) electrons. The zero-order chi connectivity index (χ0) is 20.8. The smallest absolute Gasteiger partial charge is 0.242 e. The monoisotopic (exact) mass is 403 g/mol. The van der Waals surface area contributed by atoms with Gasteiger partial charge in [0.25, 0.3) is 0 Å². The van der Waals surface area contributed by atoms with Gasteiger partial charge in [-0.3, -0.25) is 24.6 Å². The summed E-state index contributed by atoms with van der Waals surface area (Å²) in [4.78, 5) is 37.0. The third-order valence-electron chi connectivity index (χ3n) is 5.91. The van der Waals surface area contributed by atoms with Gasteiger partial charge in [-0.25, -0.2) is 10.5 Å². The van der Waals surface area contributed by atoms with Crippen LogP contribution in [0.2, 0.25) is 0 Å². The van der Waals surface area contributed by atoms with Crippen LogP contribution < -0.4 is 5.43 Å². The molecule has 2 amide bonds. The number of phenolic OH excluding ortho intramolecular Hbond substituents is 1. The topological polar surface area (TPSA) is 110 Å². The van der Waals surface area contributed by atoms with E-state index in [4.69, 9.17) is 0 Å². The summed E-state index contributed by atoms with van der Waals surface area (Å²) < 4.78 is 0. The summed E-state index contributed by atoms with van der Waals surface area (Å²) in [6.45, 7) is 0.445. The molecule has 2 fully saturated rings. The highest BCUT2D eigenvalue weighted by molar-refractivity contribution is 5.91. The van der Waals surface area contributed by atoms with Crippen molar-refractivity contribution in [2.45, 2.75) is 51.0 Å². The van der Waals surface area contributed by atoms with Crippen LogP contribution in [0, 0.1) is 11.8 Å². The lowest BCUT2D eigenvalue weighted by Crippen LogP contribution is -2.50. The number of benzene rings is 1. The number of nitrogens with one attached hydrogen (secondary N) is 1. The molecule has 1 heterocycles. The highest BCUT2D eigenvalue weighted by Crippen LogP contribution is 2.31. The van der Waals surface area contributed by atoms with E-state index in [0.717, 1.165) is 31.2 Å². The van der Waals surface area contributed by atoms with E-state index in [1.54, 1.807) is 12.1 Å². The molecule has 3 N–H and O–H groups in total. The molecule has 1 aromatic carbocycles. The standard InChI is InChI=1S/C21H29N3O5/c25-14-23(29)13-17(11-15-3-1-2-4-15)21(28)24-19(9-10-22-24)20(27)12-16-5-7-18(26)8-6-16/h5-8,14-15,17,19,22,26,29H,1-4,9-13H2/t17-,19+/m1/s1. The molecule has 0 bridgehead atoms. The van der Waals surface area contributed by atoms with Gasteiger partial charge in [0.05, 0.1) is 12.5 Å². The SMILES string of the molecule is O=CN(O)C[C@@H](CC1CCCC1)C(=O)N1NCC[C@H]1C(=O)Cc1ccc(O)cc1. The van der Waals surface area contributed by atoms with E-state index in [2.05, 4.69) is 5.43 Å².